The molecule has 0 bridgehead atoms. The second-order valence-electron chi connectivity index (χ2n) is 6.59. The van der Waals surface area contributed by atoms with E-state index in [1.54, 1.807) is 0 Å². The van der Waals surface area contributed by atoms with E-state index < -0.39 is 5.97 Å². The van der Waals surface area contributed by atoms with Crippen LogP contribution in [0.2, 0.25) is 0 Å². The first-order chi connectivity index (χ1) is 8.72. The van der Waals surface area contributed by atoms with Crippen molar-refractivity contribution in [1.29, 1.82) is 0 Å². The Hall–Kier alpha value is -0.570. The van der Waals surface area contributed by atoms with Crippen LogP contribution >= 0.6 is 0 Å². The van der Waals surface area contributed by atoms with E-state index in [1.165, 1.54) is 25.7 Å². The first kappa shape index (κ1) is 12.5. The van der Waals surface area contributed by atoms with Crippen LogP contribution in [0.25, 0.3) is 0 Å². The Morgan fingerprint density at radius 1 is 0.944 bits per heavy atom. The zero-order valence-electron chi connectivity index (χ0n) is 11.1. The SMILES string of the molecule is O=C(O)C1CCC(C2(C3CCCC3)COC2)CC1. The molecule has 1 aliphatic heterocycles. The van der Waals surface area contributed by atoms with E-state index in [2.05, 4.69) is 0 Å². The van der Waals surface area contributed by atoms with Crippen LogP contribution in [0.5, 0.6) is 0 Å². The van der Waals surface area contributed by atoms with Gasteiger partial charge in [-0.25, -0.2) is 0 Å². The first-order valence-corrected chi connectivity index (χ1v) is 7.53. The molecule has 0 aromatic carbocycles. The summed E-state index contributed by atoms with van der Waals surface area (Å²) >= 11 is 0. The van der Waals surface area contributed by atoms with E-state index in [-0.39, 0.29) is 5.92 Å². The van der Waals surface area contributed by atoms with Crippen molar-refractivity contribution in [3.63, 3.8) is 0 Å². The Bertz CT molecular complexity index is 308. The van der Waals surface area contributed by atoms with Crippen LogP contribution in [-0.4, -0.2) is 24.3 Å². The van der Waals surface area contributed by atoms with E-state index in [1.807, 2.05) is 0 Å². The third kappa shape index (κ3) is 1.97. The summed E-state index contributed by atoms with van der Waals surface area (Å²) < 4.78 is 5.56. The summed E-state index contributed by atoms with van der Waals surface area (Å²) in [5, 5.41) is 9.09. The number of rotatable bonds is 3. The molecular weight excluding hydrogens is 228 g/mol. The lowest BCUT2D eigenvalue weighted by atomic mass is 9.59. The van der Waals surface area contributed by atoms with Gasteiger partial charge in [-0.3, -0.25) is 4.79 Å². The molecule has 3 rings (SSSR count). The van der Waals surface area contributed by atoms with Gasteiger partial charge in [0.25, 0.3) is 0 Å². The summed E-state index contributed by atoms with van der Waals surface area (Å²) in [4.78, 5) is 11.0. The summed E-state index contributed by atoms with van der Waals surface area (Å²) in [7, 11) is 0. The summed E-state index contributed by atoms with van der Waals surface area (Å²) in [6.07, 6.45) is 9.51. The van der Waals surface area contributed by atoms with Crippen LogP contribution in [0.1, 0.15) is 51.4 Å². The molecule has 102 valence electrons. The second kappa shape index (κ2) is 4.84. The van der Waals surface area contributed by atoms with Gasteiger partial charge in [0.05, 0.1) is 19.1 Å². The lowest BCUT2D eigenvalue weighted by Gasteiger charge is -2.53. The fraction of sp³-hybridized carbons (Fsp3) is 0.933. The molecule has 0 atom stereocenters. The highest BCUT2D eigenvalue weighted by atomic mass is 16.5. The number of aliphatic carboxylic acids is 1. The lowest BCUT2D eigenvalue weighted by molar-refractivity contribution is -0.186. The molecule has 3 fully saturated rings. The van der Waals surface area contributed by atoms with Crippen molar-refractivity contribution in [2.45, 2.75) is 51.4 Å². The molecule has 1 saturated heterocycles. The molecule has 0 aromatic rings. The fourth-order valence-electron chi connectivity index (χ4n) is 4.56. The predicted octanol–water partition coefficient (Wildman–Crippen LogP) is 3.08. The van der Waals surface area contributed by atoms with E-state index in [4.69, 9.17) is 9.84 Å². The van der Waals surface area contributed by atoms with E-state index in [0.29, 0.717) is 5.41 Å². The lowest BCUT2D eigenvalue weighted by Crippen LogP contribution is -2.54. The van der Waals surface area contributed by atoms with Gasteiger partial charge < -0.3 is 9.84 Å². The molecule has 2 saturated carbocycles. The molecule has 18 heavy (non-hydrogen) atoms. The minimum absolute atomic E-state index is 0.0807. The molecule has 0 unspecified atom stereocenters. The number of hydrogen-bond acceptors (Lipinski definition) is 2. The highest BCUT2D eigenvalue weighted by Gasteiger charge is 2.52. The molecule has 0 radical (unpaired) electrons. The van der Waals surface area contributed by atoms with Gasteiger partial charge in [-0.2, -0.15) is 0 Å². The minimum atomic E-state index is -0.590. The molecule has 1 N–H and O–H groups in total. The number of carboxylic acids is 1. The zero-order valence-corrected chi connectivity index (χ0v) is 11.1. The van der Waals surface area contributed by atoms with Crippen molar-refractivity contribution in [2.75, 3.05) is 13.2 Å². The maximum absolute atomic E-state index is 11.0. The van der Waals surface area contributed by atoms with Crippen molar-refractivity contribution in [3.05, 3.63) is 0 Å². The van der Waals surface area contributed by atoms with Gasteiger partial charge in [-0.05, 0) is 50.4 Å². The highest BCUT2D eigenvalue weighted by molar-refractivity contribution is 5.70. The molecule has 0 aromatic heterocycles. The molecule has 1 heterocycles. The molecule has 0 spiro atoms. The smallest absolute Gasteiger partial charge is 0.306 e. The zero-order chi connectivity index (χ0) is 12.6. The monoisotopic (exact) mass is 252 g/mol. The van der Waals surface area contributed by atoms with Crippen LogP contribution in [0.15, 0.2) is 0 Å². The molecular formula is C15H24O3. The Balaban J connectivity index is 1.65. The van der Waals surface area contributed by atoms with Crippen molar-refractivity contribution < 1.29 is 14.6 Å². The first-order valence-electron chi connectivity index (χ1n) is 7.53. The molecule has 3 heteroatoms. The third-order valence-corrected chi connectivity index (χ3v) is 5.80. The topological polar surface area (TPSA) is 46.5 Å². The normalized spacial score (nSPS) is 36.2. The number of carboxylic acid groups (broad SMARTS) is 1. The van der Waals surface area contributed by atoms with Gasteiger partial charge in [0, 0.05) is 5.41 Å². The number of hydrogen-bond donors (Lipinski definition) is 1. The van der Waals surface area contributed by atoms with E-state index in [9.17, 15) is 4.79 Å². The number of carbonyl (C=O) groups is 1. The maximum Gasteiger partial charge on any atom is 0.306 e. The maximum atomic E-state index is 11.0. The van der Waals surface area contributed by atoms with Gasteiger partial charge in [0.2, 0.25) is 0 Å². The van der Waals surface area contributed by atoms with E-state index in [0.717, 1.165) is 50.7 Å². The van der Waals surface area contributed by atoms with Crippen LogP contribution in [-0.2, 0) is 9.53 Å². The van der Waals surface area contributed by atoms with Gasteiger partial charge in [-0.15, -0.1) is 0 Å². The Morgan fingerprint density at radius 2 is 1.50 bits per heavy atom. The summed E-state index contributed by atoms with van der Waals surface area (Å²) in [6, 6.07) is 0. The van der Waals surface area contributed by atoms with E-state index >= 15 is 0 Å². The predicted molar refractivity (Wildman–Crippen MR) is 68.3 cm³/mol. The van der Waals surface area contributed by atoms with Crippen molar-refractivity contribution in [1.82, 2.24) is 0 Å². The second-order valence-corrected chi connectivity index (χ2v) is 6.59. The Kier molecular flexibility index (Phi) is 3.35. The number of ether oxygens (including phenoxy) is 1. The average Bonchev–Trinajstić information content (AvgIpc) is 2.82. The highest BCUT2D eigenvalue weighted by Crippen LogP contribution is 2.54. The fourth-order valence-corrected chi connectivity index (χ4v) is 4.56. The van der Waals surface area contributed by atoms with Crippen LogP contribution in [0.3, 0.4) is 0 Å². The minimum Gasteiger partial charge on any atom is -0.481 e. The summed E-state index contributed by atoms with van der Waals surface area (Å²) in [5.74, 6) is 0.915. The van der Waals surface area contributed by atoms with Gasteiger partial charge in [0.1, 0.15) is 0 Å². The molecule has 0 amide bonds. The summed E-state index contributed by atoms with van der Waals surface area (Å²) in [6.45, 7) is 1.89. The van der Waals surface area contributed by atoms with Gasteiger partial charge in [0.15, 0.2) is 0 Å². The molecule has 3 aliphatic rings. The Morgan fingerprint density at radius 3 is 1.94 bits per heavy atom. The van der Waals surface area contributed by atoms with Gasteiger partial charge in [-0.1, -0.05) is 12.8 Å². The van der Waals surface area contributed by atoms with Crippen LogP contribution < -0.4 is 0 Å². The Labute approximate surface area is 109 Å². The largest absolute Gasteiger partial charge is 0.481 e. The molecule has 3 nitrogen and oxygen atoms in total. The standard InChI is InChI=1S/C15H24O3/c16-14(17)11-5-7-13(8-6-11)15(9-18-10-15)12-3-1-2-4-12/h11-13H,1-10H2,(H,16,17). The van der Waals surface area contributed by atoms with Crippen LogP contribution in [0.4, 0.5) is 0 Å². The third-order valence-electron chi connectivity index (χ3n) is 5.80. The quantitative estimate of drug-likeness (QED) is 0.839. The summed E-state index contributed by atoms with van der Waals surface area (Å²) in [5.41, 5.74) is 0.431. The van der Waals surface area contributed by atoms with Crippen LogP contribution in [0, 0.1) is 23.2 Å². The van der Waals surface area contributed by atoms with Crippen molar-refractivity contribution >= 4 is 5.97 Å². The van der Waals surface area contributed by atoms with Crippen molar-refractivity contribution in [2.24, 2.45) is 23.2 Å². The average molecular weight is 252 g/mol. The van der Waals surface area contributed by atoms with Gasteiger partial charge >= 0.3 is 5.97 Å². The van der Waals surface area contributed by atoms with Crippen molar-refractivity contribution in [3.8, 4) is 0 Å². The molecule has 2 aliphatic carbocycles.